The Kier molecular flexibility index (Phi) is 5.19. The quantitative estimate of drug-likeness (QED) is 0.835. The fourth-order valence-corrected chi connectivity index (χ4v) is 3.19. The molecule has 0 fully saturated rings. The van der Waals surface area contributed by atoms with Crippen molar-refractivity contribution in [3.05, 3.63) is 69.8 Å². The van der Waals surface area contributed by atoms with Crippen molar-refractivity contribution in [2.75, 3.05) is 7.05 Å². The van der Waals surface area contributed by atoms with Crippen molar-refractivity contribution in [3.8, 4) is 0 Å². The summed E-state index contributed by atoms with van der Waals surface area (Å²) in [6.45, 7) is 8.88. The molecule has 0 aliphatic heterocycles. The van der Waals surface area contributed by atoms with Crippen molar-refractivity contribution in [1.82, 2.24) is 5.32 Å². The van der Waals surface area contributed by atoms with E-state index >= 15 is 0 Å². The van der Waals surface area contributed by atoms with Crippen molar-refractivity contribution in [2.24, 2.45) is 0 Å². The van der Waals surface area contributed by atoms with E-state index in [1.807, 2.05) is 0 Å². The van der Waals surface area contributed by atoms with Crippen molar-refractivity contribution >= 4 is 0 Å². The zero-order chi connectivity index (χ0) is 15.4. The minimum Gasteiger partial charge on any atom is -0.309 e. The third kappa shape index (κ3) is 3.19. The molecule has 0 bridgehead atoms. The lowest BCUT2D eigenvalue weighted by Crippen LogP contribution is -2.21. The van der Waals surface area contributed by atoms with E-state index in [9.17, 15) is 0 Å². The van der Waals surface area contributed by atoms with Crippen LogP contribution in [0.2, 0.25) is 0 Å². The van der Waals surface area contributed by atoms with E-state index in [0.717, 1.165) is 12.8 Å². The van der Waals surface area contributed by atoms with E-state index in [-0.39, 0.29) is 6.04 Å². The molecular weight excluding hydrogens is 254 g/mol. The van der Waals surface area contributed by atoms with Crippen LogP contribution in [0.15, 0.2) is 36.4 Å². The zero-order valence-corrected chi connectivity index (χ0v) is 14.0. The van der Waals surface area contributed by atoms with Gasteiger partial charge in [-0.05, 0) is 67.1 Å². The summed E-state index contributed by atoms with van der Waals surface area (Å²) in [5.41, 5.74) is 8.42. The topological polar surface area (TPSA) is 12.0 Å². The van der Waals surface area contributed by atoms with Gasteiger partial charge in [0.15, 0.2) is 0 Å². The standard InChI is InChI=1S/C20H27N/c1-6-16-11-12-17(7-2)18(13-16)20(21-5)19-14(3)9-8-10-15(19)4/h8-13,20-21H,6-7H2,1-5H3. The molecule has 1 N–H and O–H groups in total. The Labute approximate surface area is 129 Å². The average Bonchev–Trinajstić information content (AvgIpc) is 2.50. The highest BCUT2D eigenvalue weighted by atomic mass is 14.9. The number of rotatable bonds is 5. The molecule has 1 nitrogen and oxygen atoms in total. The first-order valence-electron chi connectivity index (χ1n) is 7.97. The molecule has 0 radical (unpaired) electrons. The van der Waals surface area contributed by atoms with Crippen molar-refractivity contribution in [3.63, 3.8) is 0 Å². The van der Waals surface area contributed by atoms with Gasteiger partial charge in [-0.25, -0.2) is 0 Å². The van der Waals surface area contributed by atoms with Gasteiger partial charge in [-0.15, -0.1) is 0 Å². The van der Waals surface area contributed by atoms with Gasteiger partial charge in [-0.2, -0.15) is 0 Å². The van der Waals surface area contributed by atoms with Crippen LogP contribution in [0, 0.1) is 13.8 Å². The van der Waals surface area contributed by atoms with Crippen LogP contribution in [-0.4, -0.2) is 7.05 Å². The van der Waals surface area contributed by atoms with E-state index < -0.39 is 0 Å². The van der Waals surface area contributed by atoms with Crippen LogP contribution in [0.5, 0.6) is 0 Å². The van der Waals surface area contributed by atoms with Gasteiger partial charge in [0, 0.05) is 0 Å². The highest BCUT2D eigenvalue weighted by molar-refractivity contribution is 5.45. The fourth-order valence-electron chi connectivity index (χ4n) is 3.19. The maximum absolute atomic E-state index is 3.54. The van der Waals surface area contributed by atoms with E-state index in [1.165, 1.54) is 33.4 Å². The van der Waals surface area contributed by atoms with Gasteiger partial charge in [-0.1, -0.05) is 50.2 Å². The SMILES string of the molecule is CCc1ccc(CC)c(C(NC)c2c(C)cccc2C)c1. The van der Waals surface area contributed by atoms with Crippen LogP contribution >= 0.6 is 0 Å². The second-order valence-corrected chi connectivity index (χ2v) is 5.77. The van der Waals surface area contributed by atoms with E-state index in [1.54, 1.807) is 0 Å². The summed E-state index contributed by atoms with van der Waals surface area (Å²) in [6, 6.07) is 13.8. The fraction of sp³-hybridized carbons (Fsp3) is 0.400. The number of nitrogens with one attached hydrogen (secondary N) is 1. The highest BCUT2D eigenvalue weighted by Gasteiger charge is 2.19. The second kappa shape index (κ2) is 6.91. The van der Waals surface area contributed by atoms with Gasteiger partial charge < -0.3 is 5.32 Å². The van der Waals surface area contributed by atoms with Crippen LogP contribution < -0.4 is 5.32 Å². The molecule has 0 spiro atoms. The van der Waals surface area contributed by atoms with E-state index in [0.29, 0.717) is 0 Å². The molecule has 0 saturated carbocycles. The molecule has 0 saturated heterocycles. The molecular formula is C20H27N. The lowest BCUT2D eigenvalue weighted by Gasteiger charge is -2.24. The molecule has 0 aliphatic carbocycles. The van der Waals surface area contributed by atoms with Gasteiger partial charge in [0.05, 0.1) is 6.04 Å². The molecule has 112 valence electrons. The maximum atomic E-state index is 3.54. The Hall–Kier alpha value is -1.60. The molecule has 1 heteroatoms. The Balaban J connectivity index is 2.61. The largest absolute Gasteiger partial charge is 0.309 e. The molecule has 2 aromatic carbocycles. The predicted molar refractivity (Wildman–Crippen MR) is 92.0 cm³/mol. The molecule has 0 amide bonds. The summed E-state index contributed by atoms with van der Waals surface area (Å²) in [6.07, 6.45) is 2.16. The minimum atomic E-state index is 0.271. The van der Waals surface area contributed by atoms with Crippen LogP contribution in [0.25, 0.3) is 0 Å². The van der Waals surface area contributed by atoms with Crippen molar-refractivity contribution < 1.29 is 0 Å². The van der Waals surface area contributed by atoms with Crippen molar-refractivity contribution in [2.45, 2.75) is 46.6 Å². The monoisotopic (exact) mass is 281 g/mol. The normalized spacial score (nSPS) is 12.4. The first kappa shape index (κ1) is 15.8. The molecule has 1 atom stereocenters. The zero-order valence-electron chi connectivity index (χ0n) is 14.0. The third-order valence-electron chi connectivity index (χ3n) is 4.43. The summed E-state index contributed by atoms with van der Waals surface area (Å²) in [5, 5.41) is 3.54. The van der Waals surface area contributed by atoms with E-state index in [4.69, 9.17) is 0 Å². The summed E-state index contributed by atoms with van der Waals surface area (Å²) in [7, 11) is 2.06. The maximum Gasteiger partial charge on any atom is 0.0582 e. The molecule has 0 aromatic heterocycles. The number of hydrogen-bond acceptors (Lipinski definition) is 1. The first-order chi connectivity index (χ1) is 10.1. The molecule has 2 aromatic rings. The summed E-state index contributed by atoms with van der Waals surface area (Å²) in [5.74, 6) is 0. The van der Waals surface area contributed by atoms with Gasteiger partial charge in [-0.3, -0.25) is 0 Å². The second-order valence-electron chi connectivity index (χ2n) is 5.77. The number of benzene rings is 2. The van der Waals surface area contributed by atoms with Crippen LogP contribution in [0.1, 0.15) is 53.3 Å². The minimum absolute atomic E-state index is 0.271. The van der Waals surface area contributed by atoms with Gasteiger partial charge in [0.1, 0.15) is 0 Å². The highest BCUT2D eigenvalue weighted by Crippen LogP contribution is 2.30. The van der Waals surface area contributed by atoms with Crippen LogP contribution in [0.3, 0.4) is 0 Å². The Morgan fingerprint density at radius 3 is 2.14 bits per heavy atom. The first-order valence-corrected chi connectivity index (χ1v) is 7.97. The molecule has 1 unspecified atom stereocenters. The molecule has 21 heavy (non-hydrogen) atoms. The third-order valence-corrected chi connectivity index (χ3v) is 4.43. The summed E-state index contributed by atoms with van der Waals surface area (Å²) < 4.78 is 0. The van der Waals surface area contributed by atoms with Crippen LogP contribution in [-0.2, 0) is 12.8 Å². The lowest BCUT2D eigenvalue weighted by atomic mass is 9.87. The van der Waals surface area contributed by atoms with Crippen LogP contribution in [0.4, 0.5) is 0 Å². The molecule has 2 rings (SSSR count). The molecule has 0 aliphatic rings. The number of aryl methyl sites for hydroxylation is 4. The summed E-state index contributed by atoms with van der Waals surface area (Å²) in [4.78, 5) is 0. The lowest BCUT2D eigenvalue weighted by molar-refractivity contribution is 0.674. The smallest absolute Gasteiger partial charge is 0.0582 e. The van der Waals surface area contributed by atoms with Gasteiger partial charge in [0.2, 0.25) is 0 Å². The average molecular weight is 281 g/mol. The number of hydrogen-bond donors (Lipinski definition) is 1. The molecule has 0 heterocycles. The Morgan fingerprint density at radius 1 is 0.952 bits per heavy atom. The Bertz CT molecular complexity index is 593. The summed E-state index contributed by atoms with van der Waals surface area (Å²) >= 11 is 0. The van der Waals surface area contributed by atoms with E-state index in [2.05, 4.69) is 76.5 Å². The van der Waals surface area contributed by atoms with Crippen molar-refractivity contribution in [1.29, 1.82) is 0 Å². The van der Waals surface area contributed by atoms with Gasteiger partial charge >= 0.3 is 0 Å². The Morgan fingerprint density at radius 2 is 1.62 bits per heavy atom. The predicted octanol–water partition coefficient (Wildman–Crippen LogP) is 4.74. The van der Waals surface area contributed by atoms with Gasteiger partial charge in [0.25, 0.3) is 0 Å².